The fourth-order valence-electron chi connectivity index (χ4n) is 3.63. The number of nitrogens with zero attached hydrogens (tertiary/aromatic N) is 1. The van der Waals surface area contributed by atoms with Crippen LogP contribution in [0, 0.1) is 11.8 Å². The molecule has 4 unspecified atom stereocenters. The minimum atomic E-state index is 0.681. The highest BCUT2D eigenvalue weighted by atomic mass is 15.2. The van der Waals surface area contributed by atoms with Gasteiger partial charge in [-0.3, -0.25) is 0 Å². The van der Waals surface area contributed by atoms with Gasteiger partial charge in [-0.2, -0.15) is 0 Å². The summed E-state index contributed by atoms with van der Waals surface area (Å²) in [4.78, 5) is 2.60. The summed E-state index contributed by atoms with van der Waals surface area (Å²) in [5, 5.41) is 3.54. The molecule has 1 saturated carbocycles. The van der Waals surface area contributed by atoms with Gasteiger partial charge in [0, 0.05) is 12.1 Å². The van der Waals surface area contributed by atoms with Crippen LogP contribution >= 0.6 is 0 Å². The third kappa shape index (κ3) is 4.26. The van der Waals surface area contributed by atoms with E-state index in [0.717, 1.165) is 17.9 Å². The number of nitrogens with one attached hydrogen (secondary N) is 1. The highest BCUT2D eigenvalue weighted by molar-refractivity contribution is 4.92. The molecule has 0 spiro atoms. The van der Waals surface area contributed by atoms with E-state index in [4.69, 9.17) is 0 Å². The fourth-order valence-corrected chi connectivity index (χ4v) is 3.63. The van der Waals surface area contributed by atoms with Crippen molar-refractivity contribution in [3.63, 3.8) is 0 Å². The fraction of sp³-hybridized carbons (Fsp3) is 1.00. The lowest BCUT2D eigenvalue weighted by Crippen LogP contribution is -2.54. The maximum atomic E-state index is 3.54. The molecular formula is C15H32N2. The Morgan fingerprint density at radius 3 is 2.47 bits per heavy atom. The molecule has 1 aliphatic carbocycles. The van der Waals surface area contributed by atoms with Crippen molar-refractivity contribution in [3.05, 3.63) is 0 Å². The van der Waals surface area contributed by atoms with Gasteiger partial charge in [-0.05, 0) is 51.7 Å². The lowest BCUT2D eigenvalue weighted by atomic mass is 9.76. The molecule has 1 N–H and O–H groups in total. The van der Waals surface area contributed by atoms with Crippen molar-refractivity contribution in [2.75, 3.05) is 20.6 Å². The Bertz CT molecular complexity index is 205. The third-order valence-corrected chi connectivity index (χ3v) is 4.42. The lowest BCUT2D eigenvalue weighted by molar-refractivity contribution is 0.0824. The summed E-state index contributed by atoms with van der Waals surface area (Å²) >= 11 is 0. The van der Waals surface area contributed by atoms with Crippen LogP contribution in [-0.4, -0.2) is 37.6 Å². The molecule has 0 saturated heterocycles. The largest absolute Gasteiger partial charge is 0.315 e. The van der Waals surface area contributed by atoms with Crippen molar-refractivity contribution in [1.82, 2.24) is 10.2 Å². The van der Waals surface area contributed by atoms with Crippen LogP contribution in [0.1, 0.15) is 52.9 Å². The Kier molecular flexibility index (Phi) is 6.50. The number of hydrogen-bond donors (Lipinski definition) is 1. The summed E-state index contributed by atoms with van der Waals surface area (Å²) in [6, 6.07) is 1.41. The summed E-state index contributed by atoms with van der Waals surface area (Å²) in [5.74, 6) is 1.70. The highest BCUT2D eigenvalue weighted by Crippen LogP contribution is 2.31. The van der Waals surface area contributed by atoms with Crippen LogP contribution in [0.2, 0.25) is 0 Å². The van der Waals surface area contributed by atoms with Gasteiger partial charge in [-0.15, -0.1) is 0 Å². The maximum absolute atomic E-state index is 3.54. The van der Waals surface area contributed by atoms with E-state index in [1.165, 1.54) is 38.6 Å². The van der Waals surface area contributed by atoms with Crippen LogP contribution in [0.4, 0.5) is 0 Å². The van der Waals surface area contributed by atoms with Crippen LogP contribution in [0.15, 0.2) is 0 Å². The smallest absolute Gasteiger partial charge is 0.0271 e. The predicted molar refractivity (Wildman–Crippen MR) is 76.4 cm³/mol. The molecule has 0 radical (unpaired) electrons. The van der Waals surface area contributed by atoms with E-state index >= 15 is 0 Å². The monoisotopic (exact) mass is 240 g/mol. The number of rotatable bonds is 6. The first kappa shape index (κ1) is 15.0. The quantitative estimate of drug-likeness (QED) is 0.718. The predicted octanol–water partition coefficient (Wildman–Crippen LogP) is 3.13. The van der Waals surface area contributed by atoms with Crippen molar-refractivity contribution in [2.24, 2.45) is 11.8 Å². The van der Waals surface area contributed by atoms with Crippen LogP contribution in [0.5, 0.6) is 0 Å². The van der Waals surface area contributed by atoms with E-state index in [9.17, 15) is 0 Å². The van der Waals surface area contributed by atoms with Gasteiger partial charge in [-0.1, -0.05) is 33.6 Å². The van der Waals surface area contributed by atoms with E-state index in [1.54, 1.807) is 0 Å². The average molecular weight is 240 g/mol. The number of unbranched alkanes of at least 4 members (excludes halogenated alkanes) is 2. The minimum absolute atomic E-state index is 0.681. The van der Waals surface area contributed by atoms with Gasteiger partial charge in [0.15, 0.2) is 0 Å². The van der Waals surface area contributed by atoms with Gasteiger partial charge in [0.05, 0.1) is 0 Å². The Morgan fingerprint density at radius 1 is 1.18 bits per heavy atom. The first-order chi connectivity index (χ1) is 8.10. The Morgan fingerprint density at radius 2 is 1.88 bits per heavy atom. The zero-order valence-electron chi connectivity index (χ0n) is 12.5. The van der Waals surface area contributed by atoms with E-state index in [1.807, 2.05) is 0 Å². The third-order valence-electron chi connectivity index (χ3n) is 4.42. The Balaban J connectivity index is 2.52. The van der Waals surface area contributed by atoms with Crippen LogP contribution in [0.25, 0.3) is 0 Å². The van der Waals surface area contributed by atoms with Crippen molar-refractivity contribution in [2.45, 2.75) is 65.0 Å². The van der Waals surface area contributed by atoms with Gasteiger partial charge in [0.25, 0.3) is 0 Å². The van der Waals surface area contributed by atoms with Crippen molar-refractivity contribution in [1.29, 1.82) is 0 Å². The molecule has 102 valence electrons. The topological polar surface area (TPSA) is 15.3 Å². The molecule has 0 bridgehead atoms. The SMILES string of the molecule is CCCCCN(C)C1C(C)CC(C)CC1NC. The number of hydrogen-bond acceptors (Lipinski definition) is 2. The first-order valence-corrected chi connectivity index (χ1v) is 7.47. The molecule has 0 heterocycles. The van der Waals surface area contributed by atoms with E-state index < -0.39 is 0 Å². The van der Waals surface area contributed by atoms with Crippen LogP contribution in [-0.2, 0) is 0 Å². The van der Waals surface area contributed by atoms with Gasteiger partial charge in [-0.25, -0.2) is 0 Å². The molecule has 4 atom stereocenters. The molecule has 17 heavy (non-hydrogen) atoms. The standard InChI is InChI=1S/C15H32N2/c1-6-7-8-9-17(5)15-13(3)10-12(2)11-14(15)16-4/h12-16H,6-11H2,1-5H3. The second-order valence-corrected chi connectivity index (χ2v) is 6.13. The molecule has 2 nitrogen and oxygen atoms in total. The van der Waals surface area contributed by atoms with Crippen molar-refractivity contribution in [3.8, 4) is 0 Å². The molecular weight excluding hydrogens is 208 g/mol. The molecule has 2 heteroatoms. The lowest BCUT2D eigenvalue weighted by Gasteiger charge is -2.44. The van der Waals surface area contributed by atoms with Gasteiger partial charge in [0.1, 0.15) is 0 Å². The minimum Gasteiger partial charge on any atom is -0.315 e. The molecule has 1 aliphatic rings. The summed E-state index contributed by atoms with van der Waals surface area (Å²) in [5.41, 5.74) is 0. The summed E-state index contributed by atoms with van der Waals surface area (Å²) < 4.78 is 0. The van der Waals surface area contributed by atoms with Crippen LogP contribution in [0.3, 0.4) is 0 Å². The molecule has 1 rings (SSSR count). The molecule has 1 fully saturated rings. The van der Waals surface area contributed by atoms with Crippen molar-refractivity contribution >= 4 is 0 Å². The van der Waals surface area contributed by atoms with E-state index in [0.29, 0.717) is 6.04 Å². The molecule has 0 amide bonds. The second-order valence-electron chi connectivity index (χ2n) is 6.13. The van der Waals surface area contributed by atoms with E-state index in [2.05, 4.69) is 45.1 Å². The van der Waals surface area contributed by atoms with Gasteiger partial charge in [0.2, 0.25) is 0 Å². The van der Waals surface area contributed by atoms with Crippen molar-refractivity contribution < 1.29 is 0 Å². The first-order valence-electron chi connectivity index (χ1n) is 7.47. The number of likely N-dealkylation sites (N-methyl/N-ethyl adjacent to an activating group) is 2. The Labute approximate surface area is 108 Å². The van der Waals surface area contributed by atoms with E-state index in [-0.39, 0.29) is 0 Å². The summed E-state index contributed by atoms with van der Waals surface area (Å²) in [6.07, 6.45) is 6.76. The van der Waals surface area contributed by atoms with Gasteiger partial charge >= 0.3 is 0 Å². The Hall–Kier alpha value is -0.0800. The normalized spacial score (nSPS) is 34.2. The highest BCUT2D eigenvalue weighted by Gasteiger charge is 2.35. The van der Waals surface area contributed by atoms with Gasteiger partial charge < -0.3 is 10.2 Å². The summed E-state index contributed by atoms with van der Waals surface area (Å²) in [6.45, 7) is 8.37. The molecule has 0 aromatic rings. The second kappa shape index (κ2) is 7.38. The molecule has 0 aromatic heterocycles. The summed E-state index contributed by atoms with van der Waals surface area (Å²) in [7, 11) is 4.44. The average Bonchev–Trinajstić information content (AvgIpc) is 2.27. The van der Waals surface area contributed by atoms with Crippen LogP contribution < -0.4 is 5.32 Å². The zero-order chi connectivity index (χ0) is 12.8. The zero-order valence-corrected chi connectivity index (χ0v) is 12.5. The maximum Gasteiger partial charge on any atom is 0.0271 e. The molecule has 0 aromatic carbocycles. The molecule has 0 aliphatic heterocycles.